The number of amides is 5. The van der Waals surface area contributed by atoms with Gasteiger partial charge in [-0.25, -0.2) is 0 Å². The zero-order chi connectivity index (χ0) is 92.1. The van der Waals surface area contributed by atoms with E-state index in [4.69, 9.17) is 90.0 Å². The quantitative estimate of drug-likeness (QED) is 0.0297. The number of aliphatic hydroxyl groups excluding tert-OH is 26. The molecule has 10 heterocycles. The Bertz CT molecular complexity index is 3420. The summed E-state index contributed by atoms with van der Waals surface area (Å²) in [4.78, 5) is 64.0. The van der Waals surface area contributed by atoms with Gasteiger partial charge in [-0.05, 0) is 6.92 Å². The number of rotatable bonds is 32. The van der Waals surface area contributed by atoms with E-state index in [1.54, 1.807) is 0 Å². The molecule has 10 rings (SSSR count). The molecule has 0 aromatic heterocycles. The standard InChI is InChI=1S/C70H117N5O50/c1-16-36(87)48(99)52(103)66(110-16)108-15-30-57(45(96)31(61(106)111-30)71-17(2)82)120-64-34(74-20(5)85)46(97)56(27(12-81)116-64)122-68-54(105)58(123-70-60(50(101)40(91)25(10-79)115-70)125-63-33(73-19(4)84)44(95)38(89)23(8-77)113-63)42(93)29(118-68)14-109-69-59(51(102)41(92)28(119-69)13-107-62-32(72-18(3)83)43(94)37(88)22(7-76)112-62)124-65-35(75-21(6)86)47(98)55(26(11-80)117-65)121-67-53(104)49(100)39(90)24(9-78)114-67/h16,22-70,76-81,87-106H,7-15H2,1-6H3,(H,71,82)(H,72,83)(H,73,84)(H,74,85)(H,75,86)/t16-,22+,23+,24+,25+,26+,27+,28+,29+,30+,31+,32+,33+,34+,35+,36+,37+,38+,39-,40+,41+,42+,43+,44+,45+,46+,47+,48+,49-,50-,51-,52-,53+,54-,55+,56+,57+,58-,59-,60-,61?,62+,63-,64-,65-,66+,67-,68-,69-,70+/m0/s1. The van der Waals surface area contributed by atoms with Gasteiger partial charge in [-0.1, -0.05) is 0 Å². The van der Waals surface area contributed by atoms with Gasteiger partial charge in [-0.15, -0.1) is 0 Å². The Labute approximate surface area is 708 Å². The number of aliphatic hydroxyl groups is 26. The van der Waals surface area contributed by atoms with Gasteiger partial charge in [0, 0.05) is 34.6 Å². The second-order valence-corrected chi connectivity index (χ2v) is 31.8. The summed E-state index contributed by atoms with van der Waals surface area (Å²) in [7, 11) is 0. The SMILES string of the molecule is CC(=O)N[C@H]1[C@H](O[C@H]2[C@H](O)[C@@H](NC(C)=O)C(O)O[C@@H]2CO[C@@H]2O[C@@H](C)[C@@H](O)[C@@H](O)[C@@H]2O)O[C@H](CO)[C@@H](O[C@@H]2O[C@H](CO[C@H]3O[C@H](CO[C@@H]4O[C@H](CO)[C@@H](O)[C@H](O)[C@H]4NC(C)=O)[C@@H](O)[C@H](O)[C@@H]3O[C@@H]3O[C@H](CO)[C@@H](O[C@@H]4O[C@H](CO)[C@H](O)[C@H](O)[C@H]4O)[C@H](O)[C@H]3NC(C)=O)[C@@H](O)[C@H](O[C@H]3O[C@H](CO)[C@@H](O)[C@H](O)[C@@H]3O[C@@H]3O[C@H](CO)[C@@H](O)[C@H](O)[C@H]3NC(C)=O)[C@@H]2O)[C@@H]1O. The van der Waals surface area contributed by atoms with Gasteiger partial charge in [-0.3, -0.25) is 24.0 Å². The van der Waals surface area contributed by atoms with Crippen molar-refractivity contribution in [1.29, 1.82) is 0 Å². The molecule has 0 aromatic carbocycles. The molecule has 10 aliphatic rings. The Hall–Kier alpha value is -4.45. The first kappa shape index (κ1) is 103. The smallest absolute Gasteiger partial charge is 0.217 e. The second kappa shape index (κ2) is 44.9. The normalized spacial score (nSPS) is 48.7. The fourth-order valence-corrected chi connectivity index (χ4v) is 16.1. The van der Waals surface area contributed by atoms with Crippen LogP contribution in [-0.2, 0) is 114 Å². The topological polar surface area (TPSA) is 847 Å². The summed E-state index contributed by atoms with van der Waals surface area (Å²) in [5, 5.41) is 304. The average molecular weight is 1830 g/mol. The van der Waals surface area contributed by atoms with E-state index in [1.165, 1.54) is 6.92 Å². The largest absolute Gasteiger partial charge is 0.394 e. The van der Waals surface area contributed by atoms with Gasteiger partial charge in [-0.2, -0.15) is 0 Å². The van der Waals surface area contributed by atoms with Crippen LogP contribution in [0.15, 0.2) is 0 Å². The molecule has 722 valence electrons. The third-order valence-electron chi connectivity index (χ3n) is 22.8. The van der Waals surface area contributed by atoms with Gasteiger partial charge in [0.15, 0.2) is 62.9 Å². The molecule has 31 N–H and O–H groups in total. The predicted octanol–water partition coefficient (Wildman–Crippen LogP) is -21.1. The fourth-order valence-electron chi connectivity index (χ4n) is 16.1. The van der Waals surface area contributed by atoms with E-state index in [0.29, 0.717) is 0 Å². The molecule has 10 aliphatic heterocycles. The summed E-state index contributed by atoms with van der Waals surface area (Å²) in [6.45, 7) is -3.76. The van der Waals surface area contributed by atoms with Crippen molar-refractivity contribution >= 4 is 29.5 Å². The molecule has 10 saturated heterocycles. The van der Waals surface area contributed by atoms with E-state index in [-0.39, 0.29) is 0 Å². The van der Waals surface area contributed by atoms with Gasteiger partial charge >= 0.3 is 0 Å². The van der Waals surface area contributed by atoms with Crippen LogP contribution in [0.1, 0.15) is 41.5 Å². The lowest BCUT2D eigenvalue weighted by atomic mass is 9.93. The predicted molar refractivity (Wildman–Crippen MR) is 386 cm³/mol. The van der Waals surface area contributed by atoms with Crippen LogP contribution >= 0.6 is 0 Å². The Morgan fingerprint density at radius 1 is 0.224 bits per heavy atom. The molecule has 1 unspecified atom stereocenters. The molecular formula is C70H117N5O50. The molecule has 10 fully saturated rings. The van der Waals surface area contributed by atoms with Crippen LogP contribution < -0.4 is 26.6 Å². The zero-order valence-corrected chi connectivity index (χ0v) is 67.7. The maximum atomic E-state index is 13.3. The number of carbonyl (C=O) groups is 5. The Morgan fingerprint density at radius 2 is 0.504 bits per heavy atom. The summed E-state index contributed by atoms with van der Waals surface area (Å²) in [5.41, 5.74) is 0. The third kappa shape index (κ3) is 23.3. The van der Waals surface area contributed by atoms with E-state index in [1.807, 2.05) is 0 Å². The highest BCUT2D eigenvalue weighted by atomic mass is 16.8. The maximum Gasteiger partial charge on any atom is 0.217 e. The van der Waals surface area contributed by atoms with Crippen molar-refractivity contribution in [1.82, 2.24) is 26.6 Å². The molecule has 125 heavy (non-hydrogen) atoms. The number of nitrogens with one attached hydrogen (secondary N) is 5. The first-order valence-electron chi connectivity index (χ1n) is 40.0. The molecule has 0 saturated carbocycles. The summed E-state index contributed by atoms with van der Waals surface area (Å²) >= 11 is 0. The number of carbonyl (C=O) groups excluding carboxylic acids is 5. The van der Waals surface area contributed by atoms with Crippen molar-refractivity contribution in [2.24, 2.45) is 0 Å². The number of hydrogen-bond acceptors (Lipinski definition) is 50. The molecular weight excluding hydrogens is 1710 g/mol. The number of hydrogen-bond donors (Lipinski definition) is 31. The molecule has 50 atom stereocenters. The monoisotopic (exact) mass is 1830 g/mol. The molecule has 55 nitrogen and oxygen atoms in total. The van der Waals surface area contributed by atoms with E-state index in [0.717, 1.165) is 34.6 Å². The van der Waals surface area contributed by atoms with Crippen LogP contribution in [0.2, 0.25) is 0 Å². The van der Waals surface area contributed by atoms with E-state index in [2.05, 4.69) is 26.6 Å². The van der Waals surface area contributed by atoms with Gasteiger partial charge in [0.25, 0.3) is 0 Å². The number of ether oxygens (including phenoxy) is 19. The summed E-state index contributed by atoms with van der Waals surface area (Å²) in [6, 6.07) is -9.32. The summed E-state index contributed by atoms with van der Waals surface area (Å²) < 4.78 is 114. The van der Waals surface area contributed by atoms with Crippen LogP contribution in [0, 0.1) is 0 Å². The van der Waals surface area contributed by atoms with Crippen LogP contribution in [0.5, 0.6) is 0 Å². The minimum Gasteiger partial charge on any atom is -0.394 e. The lowest BCUT2D eigenvalue weighted by Gasteiger charge is -2.51. The first-order chi connectivity index (χ1) is 59.0. The van der Waals surface area contributed by atoms with Gasteiger partial charge in [0.2, 0.25) is 29.5 Å². The maximum absolute atomic E-state index is 13.3. The molecule has 0 aromatic rings. The zero-order valence-electron chi connectivity index (χ0n) is 67.7. The Morgan fingerprint density at radius 3 is 0.968 bits per heavy atom. The van der Waals surface area contributed by atoms with E-state index in [9.17, 15) is 157 Å². The van der Waals surface area contributed by atoms with Gasteiger partial charge in [0.1, 0.15) is 238 Å². The van der Waals surface area contributed by atoms with E-state index >= 15 is 0 Å². The highest BCUT2D eigenvalue weighted by molar-refractivity contribution is 5.75. The fraction of sp³-hybridized carbons (Fsp3) is 0.929. The molecule has 0 spiro atoms. The highest BCUT2D eigenvalue weighted by Crippen LogP contribution is 2.40. The molecule has 0 bridgehead atoms. The average Bonchev–Trinajstić information content (AvgIpc) is 0.759. The second-order valence-electron chi connectivity index (χ2n) is 31.8. The van der Waals surface area contributed by atoms with Crippen LogP contribution in [-0.4, -0.2) is 529 Å². The lowest BCUT2D eigenvalue weighted by Crippen LogP contribution is -2.71. The minimum atomic E-state index is -2.63. The van der Waals surface area contributed by atoms with Crippen molar-refractivity contribution in [2.45, 2.75) is 348 Å². The lowest BCUT2D eigenvalue weighted by molar-refractivity contribution is -0.397. The van der Waals surface area contributed by atoms with E-state index < -0.39 is 396 Å². The van der Waals surface area contributed by atoms with Gasteiger partial charge < -0.3 is 249 Å². The van der Waals surface area contributed by atoms with Crippen molar-refractivity contribution in [2.75, 3.05) is 59.5 Å². The third-order valence-corrected chi connectivity index (χ3v) is 22.8. The summed E-state index contributed by atoms with van der Waals surface area (Å²) in [6.07, 6.45) is -93.6. The van der Waals surface area contributed by atoms with Crippen LogP contribution in [0.3, 0.4) is 0 Å². The molecule has 5 amide bonds. The first-order valence-corrected chi connectivity index (χ1v) is 40.0. The molecule has 0 aliphatic carbocycles. The Kier molecular flexibility index (Phi) is 36.8. The Balaban J connectivity index is 1.02. The molecule has 0 radical (unpaired) electrons. The summed E-state index contributed by atoms with van der Waals surface area (Å²) in [5.74, 6) is -4.57. The molecule has 55 heteroatoms. The van der Waals surface area contributed by atoms with Crippen LogP contribution in [0.25, 0.3) is 0 Å². The highest BCUT2D eigenvalue weighted by Gasteiger charge is 2.61. The van der Waals surface area contributed by atoms with Crippen molar-refractivity contribution in [3.8, 4) is 0 Å². The van der Waals surface area contributed by atoms with Crippen molar-refractivity contribution in [3.05, 3.63) is 0 Å². The van der Waals surface area contributed by atoms with Gasteiger partial charge in [0.05, 0.1) is 65.6 Å². The van der Waals surface area contributed by atoms with Crippen molar-refractivity contribution in [3.63, 3.8) is 0 Å². The van der Waals surface area contributed by atoms with Crippen molar-refractivity contribution < 1.29 is 247 Å². The minimum absolute atomic E-state index is 0.830. The van der Waals surface area contributed by atoms with Crippen LogP contribution in [0.4, 0.5) is 0 Å².